The topological polar surface area (TPSA) is 67.9 Å². The Balaban J connectivity index is 1.90. The molecule has 2 aromatic rings. The van der Waals surface area contributed by atoms with Crippen LogP contribution >= 0.6 is 11.6 Å². The second-order valence-corrected chi connectivity index (χ2v) is 5.90. The smallest absolute Gasteiger partial charge is 0.282 e. The lowest BCUT2D eigenvalue weighted by Gasteiger charge is -2.14. The molecule has 2 amide bonds. The lowest BCUT2D eigenvalue weighted by atomic mass is 10.1. The van der Waals surface area contributed by atoms with E-state index in [4.69, 9.17) is 21.1 Å². The second-order valence-electron chi connectivity index (χ2n) is 5.46. The summed E-state index contributed by atoms with van der Waals surface area (Å²) in [7, 11) is 1.53. The molecule has 26 heavy (non-hydrogen) atoms. The van der Waals surface area contributed by atoms with Gasteiger partial charge in [-0.25, -0.2) is 5.01 Å². The molecule has 0 atom stereocenters. The molecule has 1 fully saturated rings. The van der Waals surface area contributed by atoms with Gasteiger partial charge in [0.15, 0.2) is 11.5 Å². The fourth-order valence-corrected chi connectivity index (χ4v) is 2.67. The SMILES string of the molecule is CCOc1ccc(/C=C2/C(=O)NN(c3ccc(Cl)cc3)C2=O)cc1OC. The number of hydrogen-bond acceptors (Lipinski definition) is 4. The lowest BCUT2D eigenvalue weighted by Crippen LogP contribution is -2.35. The van der Waals surface area contributed by atoms with E-state index in [-0.39, 0.29) is 5.57 Å². The minimum absolute atomic E-state index is 0.0335. The van der Waals surface area contributed by atoms with Gasteiger partial charge < -0.3 is 9.47 Å². The van der Waals surface area contributed by atoms with Crippen molar-refractivity contribution in [3.05, 3.63) is 58.6 Å². The highest BCUT2D eigenvalue weighted by Crippen LogP contribution is 2.30. The Morgan fingerprint density at radius 1 is 1.12 bits per heavy atom. The fourth-order valence-electron chi connectivity index (χ4n) is 2.54. The summed E-state index contributed by atoms with van der Waals surface area (Å²) in [5, 5.41) is 1.74. The quantitative estimate of drug-likeness (QED) is 0.646. The summed E-state index contributed by atoms with van der Waals surface area (Å²) in [6, 6.07) is 11.8. The Labute approximate surface area is 155 Å². The second kappa shape index (κ2) is 7.49. The van der Waals surface area contributed by atoms with Crippen molar-refractivity contribution in [2.75, 3.05) is 18.7 Å². The van der Waals surface area contributed by atoms with Gasteiger partial charge in [-0.2, -0.15) is 0 Å². The highest BCUT2D eigenvalue weighted by molar-refractivity contribution is 6.32. The highest BCUT2D eigenvalue weighted by atomic mass is 35.5. The number of methoxy groups -OCH3 is 1. The van der Waals surface area contributed by atoms with Crippen molar-refractivity contribution in [3.8, 4) is 11.5 Å². The Morgan fingerprint density at radius 3 is 2.50 bits per heavy atom. The molecule has 0 bridgehead atoms. The largest absolute Gasteiger partial charge is 0.493 e. The van der Waals surface area contributed by atoms with E-state index in [1.165, 1.54) is 18.2 Å². The zero-order valence-corrected chi connectivity index (χ0v) is 15.0. The van der Waals surface area contributed by atoms with Crippen LogP contribution in [0.4, 0.5) is 5.69 Å². The number of nitrogens with one attached hydrogen (secondary N) is 1. The van der Waals surface area contributed by atoms with Crippen molar-refractivity contribution in [2.45, 2.75) is 6.92 Å². The van der Waals surface area contributed by atoms with Crippen molar-refractivity contribution in [3.63, 3.8) is 0 Å². The monoisotopic (exact) mass is 372 g/mol. The number of anilines is 1. The Hall–Kier alpha value is -2.99. The van der Waals surface area contributed by atoms with E-state index < -0.39 is 11.8 Å². The molecule has 1 aliphatic rings. The van der Waals surface area contributed by atoms with Crippen molar-refractivity contribution < 1.29 is 19.1 Å². The first-order valence-corrected chi connectivity index (χ1v) is 8.35. The molecular formula is C19H17ClN2O4. The molecule has 0 radical (unpaired) electrons. The predicted octanol–water partition coefficient (Wildman–Crippen LogP) is 3.21. The van der Waals surface area contributed by atoms with Crippen LogP contribution in [0.15, 0.2) is 48.0 Å². The van der Waals surface area contributed by atoms with Crippen LogP contribution in [-0.2, 0) is 9.59 Å². The molecule has 7 heteroatoms. The van der Waals surface area contributed by atoms with E-state index in [1.807, 2.05) is 6.92 Å². The Morgan fingerprint density at radius 2 is 1.85 bits per heavy atom. The molecule has 2 aromatic carbocycles. The maximum Gasteiger partial charge on any atom is 0.282 e. The highest BCUT2D eigenvalue weighted by Gasteiger charge is 2.34. The average Bonchev–Trinajstić information content (AvgIpc) is 2.92. The standard InChI is InChI=1S/C19H17ClN2O4/c1-3-26-16-9-4-12(11-17(16)25-2)10-15-18(23)21-22(19(15)24)14-7-5-13(20)6-8-14/h4-11H,3H2,1-2H3,(H,21,23)/b15-10-. The fraction of sp³-hybridized carbons (Fsp3) is 0.158. The molecule has 1 saturated heterocycles. The number of carbonyl (C=O) groups is 2. The summed E-state index contributed by atoms with van der Waals surface area (Å²) in [4.78, 5) is 24.9. The number of hydrazine groups is 1. The van der Waals surface area contributed by atoms with E-state index in [1.54, 1.807) is 42.5 Å². The van der Waals surface area contributed by atoms with Gasteiger partial charge in [-0.05, 0) is 55.0 Å². The lowest BCUT2D eigenvalue weighted by molar-refractivity contribution is -0.117. The van der Waals surface area contributed by atoms with Crippen LogP contribution in [0.2, 0.25) is 5.02 Å². The van der Waals surface area contributed by atoms with E-state index in [0.29, 0.717) is 34.4 Å². The minimum atomic E-state index is -0.474. The van der Waals surface area contributed by atoms with Crippen LogP contribution < -0.4 is 19.9 Å². The summed E-state index contributed by atoms with van der Waals surface area (Å²) in [5.74, 6) is 0.215. The van der Waals surface area contributed by atoms with Crippen LogP contribution in [0.1, 0.15) is 12.5 Å². The predicted molar refractivity (Wildman–Crippen MR) is 99.2 cm³/mol. The van der Waals surface area contributed by atoms with Gasteiger partial charge in [0.1, 0.15) is 5.57 Å². The van der Waals surface area contributed by atoms with Gasteiger partial charge in [0.05, 0.1) is 19.4 Å². The van der Waals surface area contributed by atoms with Gasteiger partial charge in [-0.15, -0.1) is 0 Å². The van der Waals surface area contributed by atoms with Gasteiger partial charge in [0.2, 0.25) is 0 Å². The molecule has 0 unspecified atom stereocenters. The third-order valence-electron chi connectivity index (χ3n) is 3.77. The Kier molecular flexibility index (Phi) is 5.14. The van der Waals surface area contributed by atoms with Crippen LogP contribution in [0.3, 0.4) is 0 Å². The molecule has 0 spiro atoms. The number of nitrogens with zero attached hydrogens (tertiary/aromatic N) is 1. The maximum absolute atomic E-state index is 12.6. The summed E-state index contributed by atoms with van der Waals surface area (Å²) in [6.45, 7) is 2.38. The number of hydrogen-bond donors (Lipinski definition) is 1. The number of carbonyl (C=O) groups excluding carboxylic acids is 2. The number of rotatable bonds is 5. The molecule has 1 heterocycles. The summed E-state index contributed by atoms with van der Waals surface area (Å²) < 4.78 is 10.8. The minimum Gasteiger partial charge on any atom is -0.493 e. The zero-order valence-electron chi connectivity index (χ0n) is 14.3. The number of amides is 2. The Bertz CT molecular complexity index is 878. The molecule has 0 aromatic heterocycles. The molecule has 0 aliphatic carbocycles. The number of halogens is 1. The van der Waals surface area contributed by atoms with Gasteiger partial charge in [0, 0.05) is 5.02 Å². The third-order valence-corrected chi connectivity index (χ3v) is 4.03. The third kappa shape index (κ3) is 3.50. The van der Waals surface area contributed by atoms with E-state index in [2.05, 4.69) is 5.43 Å². The normalized spacial score (nSPS) is 15.3. The van der Waals surface area contributed by atoms with E-state index in [9.17, 15) is 9.59 Å². The van der Waals surface area contributed by atoms with Crippen molar-refractivity contribution in [1.82, 2.24) is 5.43 Å². The maximum atomic E-state index is 12.6. The average molecular weight is 373 g/mol. The van der Waals surface area contributed by atoms with Crippen molar-refractivity contribution in [2.24, 2.45) is 0 Å². The molecule has 1 N–H and O–H groups in total. The van der Waals surface area contributed by atoms with Gasteiger partial charge in [0.25, 0.3) is 11.8 Å². The zero-order chi connectivity index (χ0) is 18.7. The van der Waals surface area contributed by atoms with E-state index >= 15 is 0 Å². The van der Waals surface area contributed by atoms with Gasteiger partial charge in [-0.1, -0.05) is 17.7 Å². The molecule has 134 valence electrons. The summed E-state index contributed by atoms with van der Waals surface area (Å²) >= 11 is 5.86. The number of ether oxygens (including phenoxy) is 2. The first-order valence-electron chi connectivity index (χ1n) is 7.97. The van der Waals surface area contributed by atoms with Crippen LogP contribution in [0.5, 0.6) is 11.5 Å². The first-order chi connectivity index (χ1) is 12.5. The van der Waals surface area contributed by atoms with E-state index in [0.717, 1.165) is 0 Å². The summed E-state index contributed by atoms with van der Waals surface area (Å²) in [5.41, 5.74) is 3.76. The van der Waals surface area contributed by atoms with Crippen molar-refractivity contribution >= 4 is 35.2 Å². The number of benzene rings is 2. The van der Waals surface area contributed by atoms with Crippen LogP contribution in [0.25, 0.3) is 6.08 Å². The molecule has 3 rings (SSSR count). The van der Waals surface area contributed by atoms with Gasteiger partial charge >= 0.3 is 0 Å². The molecule has 0 saturated carbocycles. The van der Waals surface area contributed by atoms with Crippen LogP contribution in [0, 0.1) is 0 Å². The molecule has 6 nitrogen and oxygen atoms in total. The molecule has 1 aliphatic heterocycles. The van der Waals surface area contributed by atoms with Crippen LogP contribution in [-0.4, -0.2) is 25.5 Å². The van der Waals surface area contributed by atoms with Crippen molar-refractivity contribution in [1.29, 1.82) is 0 Å². The van der Waals surface area contributed by atoms with Gasteiger partial charge in [-0.3, -0.25) is 15.0 Å². The molecular weight excluding hydrogens is 356 g/mol. The summed E-state index contributed by atoms with van der Waals surface area (Å²) in [6.07, 6.45) is 1.52. The first kappa shape index (κ1) is 17.8.